The van der Waals surface area contributed by atoms with E-state index in [-0.39, 0.29) is 17.8 Å². The van der Waals surface area contributed by atoms with Gasteiger partial charge in [0.1, 0.15) is 16.5 Å². The van der Waals surface area contributed by atoms with Crippen LogP contribution < -0.4 is 5.56 Å². The largest absolute Gasteiger partial charge is 0.310 e. The standard InChI is InChI=1S/C20H14BrFN2OS/c1-11-6-7-15(21)13(8-11)14-10-26-20-18(14)19(25)23-17(24-20)9-12-4-2-3-5-16(12)22/h2-8,10H,9H2,1H3,(H,23,24,25). The maximum atomic E-state index is 13.9. The first kappa shape index (κ1) is 17.1. The van der Waals surface area contributed by atoms with Crippen LogP contribution in [-0.4, -0.2) is 9.97 Å². The van der Waals surface area contributed by atoms with Crippen LogP contribution in [0.15, 0.2) is 57.1 Å². The quantitative estimate of drug-likeness (QED) is 0.471. The molecule has 2 heterocycles. The molecule has 4 aromatic rings. The summed E-state index contributed by atoms with van der Waals surface area (Å²) < 4.78 is 14.8. The topological polar surface area (TPSA) is 45.8 Å². The molecule has 2 aromatic carbocycles. The molecule has 0 saturated carbocycles. The molecule has 0 radical (unpaired) electrons. The molecule has 0 aliphatic heterocycles. The maximum absolute atomic E-state index is 13.9. The van der Waals surface area contributed by atoms with Crippen LogP contribution in [0.1, 0.15) is 17.0 Å². The summed E-state index contributed by atoms with van der Waals surface area (Å²) >= 11 is 4.98. The number of aromatic amines is 1. The van der Waals surface area contributed by atoms with Gasteiger partial charge in [0, 0.05) is 21.8 Å². The van der Waals surface area contributed by atoms with E-state index in [4.69, 9.17) is 0 Å². The van der Waals surface area contributed by atoms with Gasteiger partial charge in [-0.3, -0.25) is 4.79 Å². The molecule has 0 fully saturated rings. The summed E-state index contributed by atoms with van der Waals surface area (Å²) in [6.45, 7) is 2.01. The van der Waals surface area contributed by atoms with Crippen LogP contribution in [0.2, 0.25) is 0 Å². The minimum atomic E-state index is -0.300. The van der Waals surface area contributed by atoms with Crippen molar-refractivity contribution < 1.29 is 4.39 Å². The highest BCUT2D eigenvalue weighted by atomic mass is 79.9. The number of nitrogens with one attached hydrogen (secondary N) is 1. The molecule has 3 nitrogen and oxygen atoms in total. The number of H-pyrrole nitrogens is 1. The minimum Gasteiger partial charge on any atom is -0.310 e. The molecule has 0 saturated heterocycles. The summed E-state index contributed by atoms with van der Waals surface area (Å²) in [5.41, 5.74) is 3.24. The second kappa shape index (κ2) is 6.78. The summed E-state index contributed by atoms with van der Waals surface area (Å²) in [5, 5.41) is 2.51. The van der Waals surface area contributed by atoms with Gasteiger partial charge in [-0.1, -0.05) is 51.8 Å². The van der Waals surface area contributed by atoms with E-state index in [0.717, 1.165) is 21.2 Å². The minimum absolute atomic E-state index is 0.203. The van der Waals surface area contributed by atoms with Crippen LogP contribution in [-0.2, 0) is 6.42 Å². The molecule has 4 rings (SSSR count). The van der Waals surface area contributed by atoms with Crippen molar-refractivity contribution >= 4 is 37.5 Å². The Labute approximate surface area is 161 Å². The van der Waals surface area contributed by atoms with E-state index in [1.165, 1.54) is 17.4 Å². The van der Waals surface area contributed by atoms with E-state index >= 15 is 0 Å². The lowest BCUT2D eigenvalue weighted by atomic mass is 10.0. The lowest BCUT2D eigenvalue weighted by Crippen LogP contribution is -2.12. The zero-order chi connectivity index (χ0) is 18.3. The van der Waals surface area contributed by atoms with Crippen LogP contribution in [0.3, 0.4) is 0 Å². The monoisotopic (exact) mass is 428 g/mol. The van der Waals surface area contributed by atoms with E-state index in [2.05, 4.69) is 25.9 Å². The van der Waals surface area contributed by atoms with Gasteiger partial charge >= 0.3 is 0 Å². The molecule has 0 aliphatic carbocycles. The highest BCUT2D eigenvalue weighted by Gasteiger charge is 2.15. The second-order valence-electron chi connectivity index (χ2n) is 6.09. The maximum Gasteiger partial charge on any atom is 0.260 e. The summed E-state index contributed by atoms with van der Waals surface area (Å²) in [6, 6.07) is 12.5. The van der Waals surface area contributed by atoms with Crippen LogP contribution in [0.25, 0.3) is 21.3 Å². The van der Waals surface area contributed by atoms with Gasteiger partial charge < -0.3 is 4.98 Å². The molecule has 0 bridgehead atoms. The first-order valence-corrected chi connectivity index (χ1v) is 9.70. The van der Waals surface area contributed by atoms with E-state index in [1.807, 2.05) is 30.5 Å². The molecule has 6 heteroatoms. The van der Waals surface area contributed by atoms with Crippen molar-refractivity contribution in [2.24, 2.45) is 0 Å². The summed E-state index contributed by atoms with van der Waals surface area (Å²) in [4.78, 5) is 20.8. The lowest BCUT2D eigenvalue weighted by molar-refractivity contribution is 0.612. The van der Waals surface area contributed by atoms with Crippen molar-refractivity contribution in [3.8, 4) is 11.1 Å². The molecule has 2 aromatic heterocycles. The number of benzene rings is 2. The average molecular weight is 429 g/mol. The SMILES string of the molecule is Cc1ccc(Br)c(-c2csc3nc(Cc4ccccc4F)[nH]c(=O)c23)c1. The predicted molar refractivity (Wildman–Crippen MR) is 107 cm³/mol. The average Bonchev–Trinajstić information content (AvgIpc) is 3.03. The van der Waals surface area contributed by atoms with Crippen molar-refractivity contribution in [2.45, 2.75) is 13.3 Å². The van der Waals surface area contributed by atoms with Gasteiger partial charge in [-0.25, -0.2) is 9.37 Å². The predicted octanol–water partition coefficient (Wildman–Crippen LogP) is 5.45. The smallest absolute Gasteiger partial charge is 0.260 e. The van der Waals surface area contributed by atoms with Crippen LogP contribution >= 0.6 is 27.3 Å². The van der Waals surface area contributed by atoms with Gasteiger partial charge in [0.05, 0.1) is 5.39 Å². The van der Waals surface area contributed by atoms with Crippen molar-refractivity contribution in [1.82, 2.24) is 9.97 Å². The number of fused-ring (bicyclic) bond motifs is 1. The number of hydrogen-bond acceptors (Lipinski definition) is 3. The van der Waals surface area contributed by atoms with Crippen molar-refractivity contribution in [2.75, 3.05) is 0 Å². The van der Waals surface area contributed by atoms with Crippen LogP contribution in [0.4, 0.5) is 4.39 Å². The van der Waals surface area contributed by atoms with E-state index in [1.54, 1.807) is 18.2 Å². The molecule has 130 valence electrons. The first-order chi connectivity index (χ1) is 12.5. The Morgan fingerprint density at radius 1 is 1.19 bits per heavy atom. The third-order valence-corrected chi connectivity index (χ3v) is 5.78. The Morgan fingerprint density at radius 3 is 2.81 bits per heavy atom. The fourth-order valence-corrected chi connectivity index (χ4v) is 4.36. The first-order valence-electron chi connectivity index (χ1n) is 8.03. The molecule has 26 heavy (non-hydrogen) atoms. The molecular formula is C20H14BrFN2OS. The highest BCUT2D eigenvalue weighted by Crippen LogP contribution is 2.35. The third-order valence-electron chi connectivity index (χ3n) is 4.22. The Hall–Kier alpha value is -2.31. The number of thiophene rings is 1. The molecule has 0 unspecified atom stereocenters. The van der Waals surface area contributed by atoms with Gasteiger partial charge in [-0.2, -0.15) is 0 Å². The van der Waals surface area contributed by atoms with Gasteiger partial charge in [0.25, 0.3) is 5.56 Å². The number of halogens is 2. The molecular weight excluding hydrogens is 415 g/mol. The Balaban J connectivity index is 1.82. The summed E-state index contributed by atoms with van der Waals surface area (Å²) in [6.07, 6.45) is 0.249. The van der Waals surface area contributed by atoms with Crippen molar-refractivity contribution in [3.05, 3.63) is 85.4 Å². The Bertz CT molecular complexity index is 1180. The van der Waals surface area contributed by atoms with E-state index in [9.17, 15) is 9.18 Å². The molecule has 0 amide bonds. The van der Waals surface area contributed by atoms with Crippen molar-refractivity contribution in [3.63, 3.8) is 0 Å². The van der Waals surface area contributed by atoms with Crippen LogP contribution in [0.5, 0.6) is 0 Å². The summed E-state index contributed by atoms with van der Waals surface area (Å²) in [7, 11) is 0. The number of aromatic nitrogens is 2. The van der Waals surface area contributed by atoms with Gasteiger partial charge in [-0.05, 0) is 30.2 Å². The van der Waals surface area contributed by atoms with Crippen molar-refractivity contribution in [1.29, 1.82) is 0 Å². The normalized spacial score (nSPS) is 11.2. The number of rotatable bonds is 3. The second-order valence-corrected chi connectivity index (χ2v) is 7.81. The fraction of sp³-hybridized carbons (Fsp3) is 0.100. The summed E-state index contributed by atoms with van der Waals surface area (Å²) in [5.74, 6) is 0.162. The van der Waals surface area contributed by atoms with E-state index < -0.39 is 0 Å². The van der Waals surface area contributed by atoms with Gasteiger partial charge in [-0.15, -0.1) is 11.3 Å². The fourth-order valence-electron chi connectivity index (χ4n) is 2.94. The number of nitrogens with zero attached hydrogens (tertiary/aromatic N) is 1. The number of hydrogen-bond donors (Lipinski definition) is 1. The van der Waals surface area contributed by atoms with Gasteiger partial charge in [0.15, 0.2) is 0 Å². The number of aryl methyl sites for hydroxylation is 1. The van der Waals surface area contributed by atoms with Crippen LogP contribution in [0, 0.1) is 12.7 Å². The van der Waals surface area contributed by atoms with E-state index in [0.29, 0.717) is 21.6 Å². The van der Waals surface area contributed by atoms with Gasteiger partial charge in [0.2, 0.25) is 0 Å². The zero-order valence-electron chi connectivity index (χ0n) is 13.8. The Kier molecular flexibility index (Phi) is 4.46. The lowest BCUT2D eigenvalue weighted by Gasteiger charge is -2.06. The molecule has 1 N–H and O–H groups in total. The molecule has 0 aliphatic rings. The zero-order valence-corrected chi connectivity index (χ0v) is 16.2. The third kappa shape index (κ3) is 3.10. The highest BCUT2D eigenvalue weighted by molar-refractivity contribution is 9.10. The molecule has 0 spiro atoms. The molecule has 0 atom stereocenters. The Morgan fingerprint density at radius 2 is 2.00 bits per heavy atom.